The van der Waals surface area contributed by atoms with Crippen molar-refractivity contribution >= 4 is 5.97 Å². The van der Waals surface area contributed by atoms with Crippen LogP contribution in [0.3, 0.4) is 0 Å². The summed E-state index contributed by atoms with van der Waals surface area (Å²) in [6.07, 6.45) is 6.23. The highest BCUT2D eigenvalue weighted by Gasteiger charge is 2.33. The van der Waals surface area contributed by atoms with Crippen LogP contribution in [-0.2, 0) is 4.79 Å². The lowest BCUT2D eigenvalue weighted by Gasteiger charge is -2.17. The van der Waals surface area contributed by atoms with Gasteiger partial charge in [-0.25, -0.2) is 4.79 Å². The molecule has 2 rings (SSSR count). The van der Waals surface area contributed by atoms with E-state index in [2.05, 4.69) is 0 Å². The molecule has 0 aliphatic heterocycles. The first-order valence-electron chi connectivity index (χ1n) is 5.42. The number of rotatable bonds is 2. The maximum absolute atomic E-state index is 11.0. The van der Waals surface area contributed by atoms with E-state index in [4.69, 9.17) is 10.8 Å². The number of carboxylic acid groups (broad SMARTS) is 1. The summed E-state index contributed by atoms with van der Waals surface area (Å²) < 4.78 is 0. The molecule has 0 heterocycles. The standard InChI is InChI=1S/C11H17NO2/c12-9-6-5-8(11(13)14)10(9)7-3-1-2-4-7/h7,9H,1-6,12H2,(H,13,14). The summed E-state index contributed by atoms with van der Waals surface area (Å²) in [5.74, 6) is -0.279. The molecule has 0 saturated heterocycles. The van der Waals surface area contributed by atoms with Gasteiger partial charge in [0.1, 0.15) is 0 Å². The molecule has 1 unspecified atom stereocenters. The summed E-state index contributed by atoms with van der Waals surface area (Å²) in [4.78, 5) is 11.0. The number of carboxylic acids is 1. The Morgan fingerprint density at radius 3 is 2.50 bits per heavy atom. The van der Waals surface area contributed by atoms with Gasteiger partial charge in [-0.15, -0.1) is 0 Å². The summed E-state index contributed by atoms with van der Waals surface area (Å²) in [5.41, 5.74) is 7.65. The minimum absolute atomic E-state index is 0.0178. The monoisotopic (exact) mass is 195 g/mol. The molecule has 2 aliphatic carbocycles. The van der Waals surface area contributed by atoms with Crippen molar-refractivity contribution in [3.63, 3.8) is 0 Å². The summed E-state index contributed by atoms with van der Waals surface area (Å²) in [6, 6.07) is 0.0178. The smallest absolute Gasteiger partial charge is 0.331 e. The minimum Gasteiger partial charge on any atom is -0.478 e. The third-order valence-corrected chi connectivity index (χ3v) is 3.51. The second-order valence-corrected chi connectivity index (χ2v) is 4.37. The van der Waals surface area contributed by atoms with Crippen LogP contribution in [0.2, 0.25) is 0 Å². The topological polar surface area (TPSA) is 63.3 Å². The van der Waals surface area contributed by atoms with Crippen molar-refractivity contribution in [2.24, 2.45) is 11.7 Å². The lowest BCUT2D eigenvalue weighted by atomic mass is 9.92. The largest absolute Gasteiger partial charge is 0.478 e. The van der Waals surface area contributed by atoms with Crippen molar-refractivity contribution in [1.82, 2.24) is 0 Å². The van der Waals surface area contributed by atoms with Crippen molar-refractivity contribution in [2.45, 2.75) is 44.6 Å². The van der Waals surface area contributed by atoms with Crippen LogP contribution in [0.4, 0.5) is 0 Å². The molecule has 1 saturated carbocycles. The van der Waals surface area contributed by atoms with Gasteiger partial charge in [-0.3, -0.25) is 0 Å². The third kappa shape index (κ3) is 1.57. The van der Waals surface area contributed by atoms with Gasteiger partial charge in [0.15, 0.2) is 0 Å². The molecule has 0 spiro atoms. The highest BCUT2D eigenvalue weighted by atomic mass is 16.4. The van der Waals surface area contributed by atoms with Crippen LogP contribution in [-0.4, -0.2) is 17.1 Å². The maximum atomic E-state index is 11.0. The SMILES string of the molecule is NC1CCC(C(=O)O)=C1C1CCCC1. The Morgan fingerprint density at radius 1 is 1.29 bits per heavy atom. The molecule has 1 atom stereocenters. The summed E-state index contributed by atoms with van der Waals surface area (Å²) in [7, 11) is 0. The number of hydrogen-bond acceptors (Lipinski definition) is 2. The van der Waals surface area contributed by atoms with E-state index in [1.165, 1.54) is 12.8 Å². The van der Waals surface area contributed by atoms with Crippen LogP contribution < -0.4 is 5.73 Å². The Bertz CT molecular complexity index is 277. The van der Waals surface area contributed by atoms with E-state index in [0.717, 1.165) is 24.8 Å². The van der Waals surface area contributed by atoms with Crippen molar-refractivity contribution in [2.75, 3.05) is 0 Å². The molecule has 0 bridgehead atoms. The third-order valence-electron chi connectivity index (χ3n) is 3.51. The van der Waals surface area contributed by atoms with Crippen LogP contribution in [0, 0.1) is 5.92 Å². The lowest BCUT2D eigenvalue weighted by Crippen LogP contribution is -2.23. The fraction of sp³-hybridized carbons (Fsp3) is 0.727. The van der Waals surface area contributed by atoms with Crippen LogP contribution in [0.15, 0.2) is 11.1 Å². The first-order valence-corrected chi connectivity index (χ1v) is 5.42. The van der Waals surface area contributed by atoms with Gasteiger partial charge in [-0.05, 0) is 37.2 Å². The summed E-state index contributed by atoms with van der Waals surface area (Å²) >= 11 is 0. The van der Waals surface area contributed by atoms with Gasteiger partial charge >= 0.3 is 5.97 Å². The van der Waals surface area contributed by atoms with Crippen molar-refractivity contribution in [3.8, 4) is 0 Å². The van der Waals surface area contributed by atoms with Crippen molar-refractivity contribution < 1.29 is 9.90 Å². The zero-order chi connectivity index (χ0) is 10.1. The van der Waals surface area contributed by atoms with E-state index >= 15 is 0 Å². The Labute approximate surface area is 84.0 Å². The molecule has 0 aromatic heterocycles. The molecular formula is C11H17NO2. The Hall–Kier alpha value is -0.830. The first-order chi connectivity index (χ1) is 6.70. The van der Waals surface area contributed by atoms with Gasteiger partial charge in [-0.2, -0.15) is 0 Å². The first kappa shape index (κ1) is 9.71. The predicted molar refractivity (Wildman–Crippen MR) is 53.8 cm³/mol. The average molecular weight is 195 g/mol. The predicted octanol–water partition coefficient (Wildman–Crippen LogP) is 1.68. The Morgan fingerprint density at radius 2 is 1.93 bits per heavy atom. The Kier molecular flexibility index (Phi) is 2.59. The van der Waals surface area contributed by atoms with E-state index in [-0.39, 0.29) is 6.04 Å². The molecule has 3 nitrogen and oxygen atoms in total. The fourth-order valence-electron chi connectivity index (χ4n) is 2.84. The van der Waals surface area contributed by atoms with Gasteiger partial charge in [0.05, 0.1) is 0 Å². The highest BCUT2D eigenvalue weighted by molar-refractivity contribution is 5.88. The number of hydrogen-bond donors (Lipinski definition) is 2. The minimum atomic E-state index is -0.750. The molecule has 0 aromatic rings. The van der Waals surface area contributed by atoms with E-state index in [1.54, 1.807) is 0 Å². The van der Waals surface area contributed by atoms with Crippen molar-refractivity contribution in [1.29, 1.82) is 0 Å². The maximum Gasteiger partial charge on any atom is 0.331 e. The summed E-state index contributed by atoms with van der Waals surface area (Å²) in [5, 5.41) is 9.05. The number of aliphatic carboxylic acids is 1. The molecule has 3 N–H and O–H groups in total. The van der Waals surface area contributed by atoms with Crippen LogP contribution in [0.25, 0.3) is 0 Å². The normalized spacial score (nSPS) is 28.8. The Balaban J connectivity index is 2.26. The fourth-order valence-corrected chi connectivity index (χ4v) is 2.84. The van der Waals surface area contributed by atoms with E-state index in [0.29, 0.717) is 17.9 Å². The van der Waals surface area contributed by atoms with E-state index in [1.807, 2.05) is 0 Å². The summed E-state index contributed by atoms with van der Waals surface area (Å²) in [6.45, 7) is 0. The number of nitrogens with two attached hydrogens (primary N) is 1. The van der Waals surface area contributed by atoms with Gasteiger partial charge in [-0.1, -0.05) is 12.8 Å². The molecule has 78 valence electrons. The van der Waals surface area contributed by atoms with Crippen molar-refractivity contribution in [3.05, 3.63) is 11.1 Å². The molecule has 0 aromatic carbocycles. The molecule has 0 radical (unpaired) electrons. The van der Waals surface area contributed by atoms with E-state index < -0.39 is 5.97 Å². The van der Waals surface area contributed by atoms with Crippen LogP contribution in [0.1, 0.15) is 38.5 Å². The molecule has 2 aliphatic rings. The van der Waals surface area contributed by atoms with Crippen LogP contribution >= 0.6 is 0 Å². The highest BCUT2D eigenvalue weighted by Crippen LogP contribution is 2.39. The second-order valence-electron chi connectivity index (χ2n) is 4.37. The zero-order valence-corrected chi connectivity index (χ0v) is 8.33. The van der Waals surface area contributed by atoms with Gasteiger partial charge in [0.2, 0.25) is 0 Å². The van der Waals surface area contributed by atoms with Gasteiger partial charge < -0.3 is 10.8 Å². The zero-order valence-electron chi connectivity index (χ0n) is 8.33. The molecule has 1 fully saturated rings. The van der Waals surface area contributed by atoms with Gasteiger partial charge in [0, 0.05) is 11.6 Å². The van der Waals surface area contributed by atoms with E-state index in [9.17, 15) is 4.79 Å². The molecular weight excluding hydrogens is 178 g/mol. The quantitative estimate of drug-likeness (QED) is 0.704. The molecule has 3 heteroatoms. The second kappa shape index (κ2) is 3.73. The molecule has 14 heavy (non-hydrogen) atoms. The van der Waals surface area contributed by atoms with Gasteiger partial charge in [0.25, 0.3) is 0 Å². The lowest BCUT2D eigenvalue weighted by molar-refractivity contribution is -0.132. The molecule has 0 amide bonds. The average Bonchev–Trinajstić information content (AvgIpc) is 2.71. The van der Waals surface area contributed by atoms with Crippen LogP contribution in [0.5, 0.6) is 0 Å². The number of carbonyl (C=O) groups is 1.